The molecule has 0 unspecified atom stereocenters. The molecular formula is C34H40N2O5. The van der Waals surface area contributed by atoms with Crippen molar-refractivity contribution in [1.82, 2.24) is 10.2 Å². The van der Waals surface area contributed by atoms with Crippen molar-refractivity contribution in [2.24, 2.45) is 0 Å². The van der Waals surface area contributed by atoms with Crippen molar-refractivity contribution in [1.29, 1.82) is 0 Å². The summed E-state index contributed by atoms with van der Waals surface area (Å²) in [5.74, 6) is 2.01. The molecule has 0 radical (unpaired) electrons. The summed E-state index contributed by atoms with van der Waals surface area (Å²) in [5, 5.41) is 3.30. The molecule has 1 fully saturated rings. The molecule has 1 heterocycles. The van der Waals surface area contributed by atoms with E-state index in [4.69, 9.17) is 14.2 Å². The van der Waals surface area contributed by atoms with Crippen LogP contribution in [-0.2, 0) is 29.0 Å². The van der Waals surface area contributed by atoms with Crippen LogP contribution in [0.2, 0.25) is 0 Å². The number of carbonyl (C=O) groups is 2. The first-order valence-corrected chi connectivity index (χ1v) is 14.7. The molecule has 7 nitrogen and oxygen atoms in total. The van der Waals surface area contributed by atoms with E-state index in [2.05, 4.69) is 5.32 Å². The van der Waals surface area contributed by atoms with E-state index in [0.717, 1.165) is 53.9 Å². The van der Waals surface area contributed by atoms with Crippen LogP contribution in [0.3, 0.4) is 0 Å². The molecule has 0 bridgehead atoms. The monoisotopic (exact) mass is 556 g/mol. The van der Waals surface area contributed by atoms with Crippen molar-refractivity contribution in [3.63, 3.8) is 0 Å². The van der Waals surface area contributed by atoms with Gasteiger partial charge in [-0.2, -0.15) is 0 Å². The Kier molecular flexibility index (Phi) is 9.78. The number of amides is 2. The summed E-state index contributed by atoms with van der Waals surface area (Å²) < 4.78 is 16.8. The van der Waals surface area contributed by atoms with Crippen LogP contribution < -0.4 is 19.5 Å². The number of hydrogen-bond acceptors (Lipinski definition) is 5. The van der Waals surface area contributed by atoms with Crippen molar-refractivity contribution in [2.75, 3.05) is 20.3 Å². The maximum absolute atomic E-state index is 14.1. The van der Waals surface area contributed by atoms with E-state index in [9.17, 15) is 9.59 Å². The van der Waals surface area contributed by atoms with Gasteiger partial charge in [0.15, 0.2) is 11.5 Å². The van der Waals surface area contributed by atoms with Crippen LogP contribution in [0.25, 0.3) is 0 Å². The molecule has 7 heteroatoms. The number of benzene rings is 3. The first kappa shape index (κ1) is 28.5. The van der Waals surface area contributed by atoms with Crippen LogP contribution in [0.15, 0.2) is 72.8 Å². The van der Waals surface area contributed by atoms with E-state index < -0.39 is 6.04 Å². The van der Waals surface area contributed by atoms with Crippen LogP contribution in [0.4, 0.5) is 0 Å². The molecule has 2 amide bonds. The van der Waals surface area contributed by atoms with E-state index >= 15 is 0 Å². The second-order valence-corrected chi connectivity index (χ2v) is 10.9. The molecule has 216 valence electrons. The van der Waals surface area contributed by atoms with Crippen LogP contribution in [0.1, 0.15) is 55.2 Å². The minimum absolute atomic E-state index is 0.0672. The second-order valence-electron chi connectivity index (χ2n) is 10.9. The van der Waals surface area contributed by atoms with Crippen molar-refractivity contribution in [3.05, 3.63) is 89.5 Å². The molecule has 1 N–H and O–H groups in total. The predicted molar refractivity (Wildman–Crippen MR) is 158 cm³/mol. The summed E-state index contributed by atoms with van der Waals surface area (Å²) in [6.07, 6.45) is 6.67. The lowest BCUT2D eigenvalue weighted by molar-refractivity contribution is -0.141. The molecule has 2 aliphatic rings. The van der Waals surface area contributed by atoms with E-state index in [1.165, 1.54) is 6.42 Å². The Morgan fingerprint density at radius 2 is 1.63 bits per heavy atom. The molecular weight excluding hydrogens is 516 g/mol. The van der Waals surface area contributed by atoms with E-state index in [1.807, 2.05) is 72.8 Å². The van der Waals surface area contributed by atoms with Gasteiger partial charge in [-0.25, -0.2) is 0 Å². The maximum atomic E-state index is 14.1. The SMILES string of the molecule is COc1cccc(CN(C(=O)CCc2ccc3c(c2)OCCO3)[C@H](Cc2ccccc2)C(=O)NC2CCCCC2)c1. The standard InChI is InChI=1S/C34H40N2O5/c1-39-29-14-8-11-27(21-29)24-36(33(37)18-16-26-15-17-31-32(23-26)41-20-19-40-31)30(22-25-9-4-2-5-10-25)34(38)35-28-12-6-3-7-13-28/h2,4-5,8-11,14-15,17,21,23,28,30H,3,6-7,12-13,16,18-20,22,24H2,1H3,(H,35,38)/t30-/m1/s1. The summed E-state index contributed by atoms with van der Waals surface area (Å²) in [5.41, 5.74) is 2.93. The fourth-order valence-corrected chi connectivity index (χ4v) is 5.70. The highest BCUT2D eigenvalue weighted by atomic mass is 16.6. The van der Waals surface area contributed by atoms with Gasteiger partial charge in [0.05, 0.1) is 7.11 Å². The Bertz CT molecular complexity index is 1310. The Balaban J connectivity index is 1.40. The minimum atomic E-state index is -0.640. The van der Waals surface area contributed by atoms with Crippen LogP contribution in [-0.4, -0.2) is 49.1 Å². The van der Waals surface area contributed by atoms with Gasteiger partial charge in [-0.1, -0.05) is 67.8 Å². The fourth-order valence-electron chi connectivity index (χ4n) is 5.70. The molecule has 3 aromatic rings. The van der Waals surface area contributed by atoms with Crippen molar-refractivity contribution >= 4 is 11.8 Å². The van der Waals surface area contributed by atoms with Gasteiger partial charge in [0, 0.05) is 25.4 Å². The van der Waals surface area contributed by atoms with Gasteiger partial charge >= 0.3 is 0 Å². The molecule has 1 saturated carbocycles. The number of methoxy groups -OCH3 is 1. The minimum Gasteiger partial charge on any atom is -0.497 e. The number of fused-ring (bicyclic) bond motifs is 1. The number of carbonyl (C=O) groups excluding carboxylic acids is 2. The Hall–Kier alpha value is -4.00. The quantitative estimate of drug-likeness (QED) is 0.338. The molecule has 0 saturated heterocycles. The zero-order valence-electron chi connectivity index (χ0n) is 23.8. The maximum Gasteiger partial charge on any atom is 0.243 e. The third-order valence-corrected chi connectivity index (χ3v) is 7.94. The van der Waals surface area contributed by atoms with Crippen molar-refractivity contribution in [2.45, 2.75) is 70.0 Å². The number of ether oxygens (including phenoxy) is 3. The molecule has 5 rings (SSSR count). The molecule has 3 aromatic carbocycles. The first-order chi connectivity index (χ1) is 20.1. The lowest BCUT2D eigenvalue weighted by Crippen LogP contribution is -2.52. The highest BCUT2D eigenvalue weighted by molar-refractivity contribution is 5.88. The lowest BCUT2D eigenvalue weighted by atomic mass is 9.94. The summed E-state index contributed by atoms with van der Waals surface area (Å²) in [4.78, 5) is 29.8. The normalized spacial score (nSPS) is 15.5. The number of hydrogen-bond donors (Lipinski definition) is 1. The summed E-state index contributed by atoms with van der Waals surface area (Å²) >= 11 is 0. The molecule has 1 aliphatic carbocycles. The lowest BCUT2D eigenvalue weighted by Gasteiger charge is -2.33. The van der Waals surface area contributed by atoms with Crippen LogP contribution >= 0.6 is 0 Å². The molecule has 1 atom stereocenters. The third kappa shape index (κ3) is 7.81. The summed E-state index contributed by atoms with van der Waals surface area (Å²) in [7, 11) is 1.63. The van der Waals surface area contributed by atoms with Gasteiger partial charge in [0.25, 0.3) is 0 Å². The van der Waals surface area contributed by atoms with Crippen molar-refractivity contribution < 1.29 is 23.8 Å². The second kappa shape index (κ2) is 14.1. The van der Waals surface area contributed by atoms with E-state index in [0.29, 0.717) is 38.3 Å². The zero-order chi connectivity index (χ0) is 28.4. The van der Waals surface area contributed by atoms with Gasteiger partial charge in [0.1, 0.15) is 25.0 Å². The highest BCUT2D eigenvalue weighted by Gasteiger charge is 2.32. The predicted octanol–water partition coefficient (Wildman–Crippen LogP) is 5.49. The average molecular weight is 557 g/mol. The number of nitrogens with one attached hydrogen (secondary N) is 1. The number of nitrogens with zero attached hydrogens (tertiary/aromatic N) is 1. The van der Waals surface area contributed by atoms with Crippen LogP contribution in [0.5, 0.6) is 17.2 Å². The van der Waals surface area contributed by atoms with E-state index in [1.54, 1.807) is 12.0 Å². The van der Waals surface area contributed by atoms with Gasteiger partial charge in [-0.3, -0.25) is 9.59 Å². The molecule has 1 aliphatic heterocycles. The number of aryl methyl sites for hydroxylation is 1. The van der Waals surface area contributed by atoms with Gasteiger partial charge in [-0.15, -0.1) is 0 Å². The van der Waals surface area contributed by atoms with Gasteiger partial charge < -0.3 is 24.4 Å². The van der Waals surface area contributed by atoms with Crippen LogP contribution in [0, 0.1) is 0 Å². The fraction of sp³-hybridized carbons (Fsp3) is 0.412. The molecule has 0 spiro atoms. The largest absolute Gasteiger partial charge is 0.497 e. The Labute approximate surface area is 242 Å². The Morgan fingerprint density at radius 3 is 2.41 bits per heavy atom. The highest BCUT2D eigenvalue weighted by Crippen LogP contribution is 2.31. The average Bonchev–Trinajstić information content (AvgIpc) is 3.02. The third-order valence-electron chi connectivity index (χ3n) is 7.94. The first-order valence-electron chi connectivity index (χ1n) is 14.7. The van der Waals surface area contributed by atoms with Crippen molar-refractivity contribution in [3.8, 4) is 17.2 Å². The molecule has 0 aromatic heterocycles. The Morgan fingerprint density at radius 1 is 0.878 bits per heavy atom. The van der Waals surface area contributed by atoms with Gasteiger partial charge in [0.2, 0.25) is 11.8 Å². The summed E-state index contributed by atoms with van der Waals surface area (Å²) in [6.45, 7) is 1.36. The van der Waals surface area contributed by atoms with E-state index in [-0.39, 0.29) is 24.3 Å². The molecule has 41 heavy (non-hydrogen) atoms. The smallest absolute Gasteiger partial charge is 0.243 e. The number of rotatable bonds is 11. The summed E-state index contributed by atoms with van der Waals surface area (Å²) in [6, 6.07) is 23.0. The topological polar surface area (TPSA) is 77.1 Å². The zero-order valence-corrected chi connectivity index (χ0v) is 23.8. The van der Waals surface area contributed by atoms with Gasteiger partial charge in [-0.05, 0) is 60.2 Å².